The normalized spacial score (nSPS) is 11.1. The van der Waals surface area contributed by atoms with E-state index in [2.05, 4.69) is 4.89 Å². The number of non-ortho nitro benzene ring substituents is 1. The molecule has 6 heteroatoms. The maximum Gasteiger partial charge on any atom is 0.342 e. The Hall–Kier alpha value is -1.95. The van der Waals surface area contributed by atoms with Crippen LogP contribution in [0.25, 0.3) is 0 Å². The van der Waals surface area contributed by atoms with Crippen molar-refractivity contribution in [1.82, 2.24) is 0 Å². The Morgan fingerprint density at radius 3 is 2.33 bits per heavy atom. The van der Waals surface area contributed by atoms with Gasteiger partial charge in [0.15, 0.2) is 0 Å². The molecule has 1 aromatic rings. The third-order valence-corrected chi connectivity index (χ3v) is 2.40. The number of carbonyl (C=O) groups excluding carboxylic acids is 1. The Morgan fingerprint density at radius 1 is 1.33 bits per heavy atom. The molecule has 0 heterocycles. The number of hydrogen-bond acceptors (Lipinski definition) is 5. The molecular weight excluding hydrogens is 238 g/mol. The van der Waals surface area contributed by atoms with Crippen molar-refractivity contribution in [2.75, 3.05) is 0 Å². The molecule has 6 nitrogen and oxygen atoms in total. The molecule has 0 atom stereocenters. The molecule has 98 valence electrons. The van der Waals surface area contributed by atoms with E-state index in [1.54, 1.807) is 32.9 Å². The van der Waals surface area contributed by atoms with E-state index < -0.39 is 16.5 Å². The van der Waals surface area contributed by atoms with Crippen molar-refractivity contribution in [1.29, 1.82) is 0 Å². The Bertz CT molecular complexity index is 438. The smallest absolute Gasteiger partial charge is 0.297 e. The zero-order valence-electron chi connectivity index (χ0n) is 10.5. The highest BCUT2D eigenvalue weighted by atomic mass is 17.2. The Labute approximate surface area is 105 Å². The first-order chi connectivity index (χ1) is 8.36. The summed E-state index contributed by atoms with van der Waals surface area (Å²) in [5.41, 5.74) is -0.183. The monoisotopic (exact) mass is 253 g/mol. The zero-order chi connectivity index (χ0) is 13.8. The van der Waals surface area contributed by atoms with Gasteiger partial charge in [-0.05, 0) is 31.5 Å². The molecule has 0 saturated carbocycles. The standard InChI is InChI=1S/C12H15NO5/c1-4-11(14)17-18-12(2,3)9-5-7-10(8-6-9)13(15)16/h5-8H,4H2,1-3H3. The lowest BCUT2D eigenvalue weighted by Gasteiger charge is -2.22. The van der Waals surface area contributed by atoms with E-state index in [4.69, 9.17) is 4.89 Å². The molecule has 0 N–H and O–H groups in total. The highest BCUT2D eigenvalue weighted by molar-refractivity contribution is 5.68. The largest absolute Gasteiger partial charge is 0.342 e. The highest BCUT2D eigenvalue weighted by Crippen LogP contribution is 2.26. The topological polar surface area (TPSA) is 78.7 Å². The molecule has 0 aliphatic rings. The summed E-state index contributed by atoms with van der Waals surface area (Å²) in [6.07, 6.45) is 0.219. The third kappa shape index (κ3) is 3.53. The molecule has 0 fully saturated rings. The van der Waals surface area contributed by atoms with Crippen molar-refractivity contribution in [3.8, 4) is 0 Å². The van der Waals surface area contributed by atoms with Crippen LogP contribution >= 0.6 is 0 Å². The van der Waals surface area contributed by atoms with Gasteiger partial charge in [-0.1, -0.05) is 6.92 Å². The second-order valence-electron chi connectivity index (χ2n) is 4.21. The van der Waals surface area contributed by atoms with Crippen LogP contribution in [0.3, 0.4) is 0 Å². The number of nitro groups is 1. The Kier molecular flexibility index (Phi) is 4.38. The van der Waals surface area contributed by atoms with Gasteiger partial charge in [-0.2, -0.15) is 4.89 Å². The lowest BCUT2D eigenvalue weighted by Crippen LogP contribution is -2.23. The van der Waals surface area contributed by atoms with Crippen molar-refractivity contribution in [3.63, 3.8) is 0 Å². The van der Waals surface area contributed by atoms with Gasteiger partial charge in [0.05, 0.1) is 4.92 Å². The van der Waals surface area contributed by atoms with Gasteiger partial charge < -0.3 is 0 Å². The quantitative estimate of drug-likeness (QED) is 0.458. The lowest BCUT2D eigenvalue weighted by molar-refractivity contribution is -0.385. The average molecular weight is 253 g/mol. The van der Waals surface area contributed by atoms with Gasteiger partial charge in [0.2, 0.25) is 0 Å². The first-order valence-electron chi connectivity index (χ1n) is 5.50. The molecule has 0 bridgehead atoms. The van der Waals surface area contributed by atoms with Crippen LogP contribution in [-0.4, -0.2) is 10.9 Å². The molecular formula is C12H15NO5. The summed E-state index contributed by atoms with van der Waals surface area (Å²) in [4.78, 5) is 30.7. The van der Waals surface area contributed by atoms with Gasteiger partial charge in [-0.3, -0.25) is 15.0 Å². The van der Waals surface area contributed by atoms with Gasteiger partial charge in [0.25, 0.3) is 5.69 Å². The van der Waals surface area contributed by atoms with E-state index in [0.717, 1.165) is 0 Å². The van der Waals surface area contributed by atoms with Crippen molar-refractivity contribution in [3.05, 3.63) is 39.9 Å². The number of hydrogen-bond donors (Lipinski definition) is 0. The molecule has 0 saturated heterocycles. The van der Waals surface area contributed by atoms with E-state index >= 15 is 0 Å². The average Bonchev–Trinajstić information content (AvgIpc) is 2.36. The number of nitrogens with zero attached hydrogens (tertiary/aromatic N) is 1. The molecule has 0 spiro atoms. The predicted molar refractivity (Wildman–Crippen MR) is 63.6 cm³/mol. The maximum absolute atomic E-state index is 11.0. The van der Waals surface area contributed by atoms with Gasteiger partial charge in [0.1, 0.15) is 5.60 Å². The first-order valence-corrected chi connectivity index (χ1v) is 5.50. The van der Waals surface area contributed by atoms with E-state index in [9.17, 15) is 14.9 Å². The summed E-state index contributed by atoms with van der Waals surface area (Å²) in [6, 6.07) is 5.89. The molecule has 0 amide bonds. The van der Waals surface area contributed by atoms with Crippen molar-refractivity contribution >= 4 is 11.7 Å². The third-order valence-electron chi connectivity index (χ3n) is 2.40. The van der Waals surface area contributed by atoms with Crippen molar-refractivity contribution < 1.29 is 19.5 Å². The van der Waals surface area contributed by atoms with Crippen molar-refractivity contribution in [2.24, 2.45) is 0 Å². The molecule has 18 heavy (non-hydrogen) atoms. The first kappa shape index (κ1) is 14.1. The van der Waals surface area contributed by atoms with Crippen LogP contribution in [0, 0.1) is 10.1 Å². The van der Waals surface area contributed by atoms with Crippen LogP contribution in [0.2, 0.25) is 0 Å². The van der Waals surface area contributed by atoms with Crippen LogP contribution in [0.1, 0.15) is 32.8 Å². The van der Waals surface area contributed by atoms with E-state index in [1.807, 2.05) is 0 Å². The second kappa shape index (κ2) is 5.59. The summed E-state index contributed by atoms with van der Waals surface area (Å²) >= 11 is 0. The number of benzene rings is 1. The second-order valence-corrected chi connectivity index (χ2v) is 4.21. The zero-order valence-corrected chi connectivity index (χ0v) is 10.5. The summed E-state index contributed by atoms with van der Waals surface area (Å²) in [7, 11) is 0. The molecule has 1 aromatic carbocycles. The Morgan fingerprint density at radius 2 is 1.89 bits per heavy atom. The summed E-state index contributed by atoms with van der Waals surface area (Å²) in [5, 5.41) is 10.5. The minimum absolute atomic E-state index is 0.0000953. The molecule has 0 unspecified atom stereocenters. The number of rotatable bonds is 5. The van der Waals surface area contributed by atoms with E-state index in [-0.39, 0.29) is 12.1 Å². The van der Waals surface area contributed by atoms with Gasteiger partial charge in [-0.25, -0.2) is 4.79 Å². The van der Waals surface area contributed by atoms with Crippen LogP contribution in [-0.2, 0) is 20.2 Å². The maximum atomic E-state index is 11.0. The van der Waals surface area contributed by atoms with Crippen LogP contribution in [0.5, 0.6) is 0 Å². The fourth-order valence-electron chi connectivity index (χ4n) is 1.24. The van der Waals surface area contributed by atoms with E-state index in [0.29, 0.717) is 5.56 Å². The minimum atomic E-state index is -0.861. The predicted octanol–water partition coefficient (Wildman–Crippen LogP) is 2.71. The van der Waals surface area contributed by atoms with Gasteiger partial charge in [0, 0.05) is 18.6 Å². The minimum Gasteiger partial charge on any atom is -0.297 e. The van der Waals surface area contributed by atoms with Gasteiger partial charge >= 0.3 is 5.97 Å². The lowest BCUT2D eigenvalue weighted by atomic mass is 9.98. The van der Waals surface area contributed by atoms with Crippen molar-refractivity contribution in [2.45, 2.75) is 32.8 Å². The van der Waals surface area contributed by atoms with Crippen LogP contribution in [0.15, 0.2) is 24.3 Å². The molecule has 0 aliphatic heterocycles. The Balaban J connectivity index is 2.78. The fourth-order valence-corrected chi connectivity index (χ4v) is 1.24. The molecule has 0 aliphatic carbocycles. The molecule has 0 radical (unpaired) electrons. The number of nitro benzene ring substituents is 1. The van der Waals surface area contributed by atoms with Crippen LogP contribution < -0.4 is 0 Å². The molecule has 0 aromatic heterocycles. The number of carbonyl (C=O) groups is 1. The van der Waals surface area contributed by atoms with Gasteiger partial charge in [-0.15, -0.1) is 0 Å². The molecule has 1 rings (SSSR count). The summed E-state index contributed by atoms with van der Waals surface area (Å²) in [6.45, 7) is 5.07. The summed E-state index contributed by atoms with van der Waals surface area (Å²) in [5.74, 6) is -0.468. The highest BCUT2D eigenvalue weighted by Gasteiger charge is 2.25. The van der Waals surface area contributed by atoms with E-state index in [1.165, 1.54) is 12.1 Å². The fraction of sp³-hybridized carbons (Fsp3) is 0.417. The van der Waals surface area contributed by atoms with Crippen LogP contribution in [0.4, 0.5) is 5.69 Å². The summed E-state index contributed by atoms with van der Waals surface area (Å²) < 4.78 is 0. The SMILES string of the molecule is CCC(=O)OOC(C)(C)c1ccc([N+](=O)[O-])cc1.